The lowest BCUT2D eigenvalue weighted by Gasteiger charge is -2.12. The average Bonchev–Trinajstić information content (AvgIpc) is 3.10. The molecule has 0 saturated carbocycles. The van der Waals surface area contributed by atoms with E-state index in [9.17, 15) is 18.0 Å². The molecule has 2 heterocycles. The van der Waals surface area contributed by atoms with E-state index >= 15 is 0 Å². The van der Waals surface area contributed by atoms with Gasteiger partial charge in [-0.05, 0) is 56.2 Å². The zero-order valence-electron chi connectivity index (χ0n) is 17.6. The summed E-state index contributed by atoms with van der Waals surface area (Å²) in [5.74, 6) is -0.145. The van der Waals surface area contributed by atoms with Crippen molar-refractivity contribution in [2.45, 2.75) is 50.4 Å². The molecule has 31 heavy (non-hydrogen) atoms. The first-order valence-corrected chi connectivity index (χ1v) is 10.6. The van der Waals surface area contributed by atoms with Gasteiger partial charge in [-0.1, -0.05) is 13.8 Å². The third kappa shape index (κ3) is 5.28. The van der Waals surface area contributed by atoms with Crippen LogP contribution in [0.3, 0.4) is 0 Å². The number of pyridine rings is 1. The van der Waals surface area contributed by atoms with E-state index in [1.165, 1.54) is 16.9 Å². The number of anilines is 1. The van der Waals surface area contributed by atoms with Crippen molar-refractivity contribution in [2.24, 2.45) is 0 Å². The molecule has 0 aliphatic heterocycles. The van der Waals surface area contributed by atoms with Crippen LogP contribution in [-0.4, -0.2) is 25.9 Å². The number of hydrogen-bond donors (Lipinski definition) is 1. The summed E-state index contributed by atoms with van der Waals surface area (Å²) in [6.07, 6.45) is -1.26. The number of nitrogens with one attached hydrogen (secondary N) is 1. The molecule has 0 aliphatic rings. The Bertz CT molecular complexity index is 1080. The molecule has 164 valence electrons. The maximum Gasteiger partial charge on any atom is 0.417 e. The Hall–Kier alpha value is -2.81. The average molecular weight is 449 g/mol. The van der Waals surface area contributed by atoms with Crippen molar-refractivity contribution < 1.29 is 18.0 Å². The van der Waals surface area contributed by atoms with Crippen molar-refractivity contribution in [3.05, 3.63) is 65.1 Å². The van der Waals surface area contributed by atoms with E-state index in [1.54, 1.807) is 18.7 Å². The molecule has 1 N–H and O–H groups in total. The zero-order valence-corrected chi connectivity index (χ0v) is 18.4. The smallest absolute Gasteiger partial charge is 0.322 e. The minimum Gasteiger partial charge on any atom is -0.322 e. The number of thioether (sulfide) groups is 1. The van der Waals surface area contributed by atoms with Crippen LogP contribution in [0.2, 0.25) is 0 Å². The lowest BCUT2D eigenvalue weighted by atomic mass is 10.2. The van der Waals surface area contributed by atoms with Crippen LogP contribution in [0.25, 0.3) is 5.82 Å². The van der Waals surface area contributed by atoms with Crippen molar-refractivity contribution in [1.82, 2.24) is 14.8 Å². The summed E-state index contributed by atoms with van der Waals surface area (Å²) in [5, 5.41) is 7.52. The number of carbonyl (C=O) groups is 1. The molecule has 0 aliphatic carbocycles. The van der Waals surface area contributed by atoms with Crippen LogP contribution in [0, 0.1) is 13.8 Å². The van der Waals surface area contributed by atoms with E-state index in [0.717, 1.165) is 29.1 Å². The second kappa shape index (κ2) is 9.13. The summed E-state index contributed by atoms with van der Waals surface area (Å²) >= 11 is 1.78. The van der Waals surface area contributed by atoms with E-state index in [4.69, 9.17) is 0 Å². The minimum absolute atomic E-state index is 0.201. The molecule has 1 unspecified atom stereocenters. The lowest BCUT2D eigenvalue weighted by Crippen LogP contribution is -2.14. The van der Waals surface area contributed by atoms with E-state index in [-0.39, 0.29) is 11.7 Å². The highest BCUT2D eigenvalue weighted by Crippen LogP contribution is 2.30. The maximum atomic E-state index is 12.8. The third-order valence-corrected chi connectivity index (χ3v) is 6.17. The van der Waals surface area contributed by atoms with Gasteiger partial charge in [-0.25, -0.2) is 9.67 Å². The van der Waals surface area contributed by atoms with Gasteiger partial charge in [-0.15, -0.1) is 11.8 Å². The van der Waals surface area contributed by atoms with Crippen LogP contribution in [0.1, 0.15) is 47.4 Å². The summed E-state index contributed by atoms with van der Waals surface area (Å²) in [6, 6.07) is 8.04. The number of aryl methyl sites for hydroxylation is 1. The predicted molar refractivity (Wildman–Crippen MR) is 116 cm³/mol. The number of halogens is 3. The monoisotopic (exact) mass is 448 g/mol. The molecule has 2 aromatic heterocycles. The SMILES string of the molecule is CCC(C)Sc1ccc(NC(=O)c2cnn(-c3ccc(C(F)(F)F)cn3)c2C)c(C)c1. The van der Waals surface area contributed by atoms with Gasteiger partial charge < -0.3 is 5.32 Å². The molecule has 5 nitrogen and oxygen atoms in total. The lowest BCUT2D eigenvalue weighted by molar-refractivity contribution is -0.137. The Kier molecular flexibility index (Phi) is 6.74. The Balaban J connectivity index is 1.77. The highest BCUT2D eigenvalue weighted by atomic mass is 32.2. The van der Waals surface area contributed by atoms with Crippen LogP contribution >= 0.6 is 11.8 Å². The first-order valence-electron chi connectivity index (χ1n) is 9.77. The number of alkyl halides is 3. The number of rotatable bonds is 6. The van der Waals surface area contributed by atoms with Crippen LogP contribution in [0.5, 0.6) is 0 Å². The van der Waals surface area contributed by atoms with Gasteiger partial charge in [0.2, 0.25) is 0 Å². The number of amides is 1. The number of aromatic nitrogens is 3. The molecule has 9 heteroatoms. The van der Waals surface area contributed by atoms with Crippen molar-refractivity contribution in [3.8, 4) is 5.82 Å². The van der Waals surface area contributed by atoms with Gasteiger partial charge in [-0.3, -0.25) is 4.79 Å². The number of hydrogen-bond acceptors (Lipinski definition) is 4. The molecule has 3 aromatic rings. The van der Waals surface area contributed by atoms with Gasteiger partial charge in [0.25, 0.3) is 5.91 Å². The molecule has 0 spiro atoms. The molecular weight excluding hydrogens is 425 g/mol. The van der Waals surface area contributed by atoms with E-state index in [2.05, 4.69) is 29.2 Å². The third-order valence-electron chi connectivity index (χ3n) is 4.90. The topological polar surface area (TPSA) is 59.8 Å². The summed E-state index contributed by atoms with van der Waals surface area (Å²) in [4.78, 5) is 17.8. The first kappa shape index (κ1) is 22.9. The standard InChI is InChI=1S/C22H23F3N4OS/c1-5-14(3)31-17-7-8-19(13(2)10-17)28-21(30)18-12-27-29(15(18)4)20-9-6-16(11-26-20)22(23,24)25/h6-12,14H,5H2,1-4H3,(H,28,30). The van der Waals surface area contributed by atoms with Crippen molar-refractivity contribution >= 4 is 23.4 Å². The predicted octanol–water partition coefficient (Wildman–Crippen LogP) is 6.05. The Morgan fingerprint density at radius 2 is 1.94 bits per heavy atom. The Labute approximate surface area is 183 Å². The molecular formula is C22H23F3N4OS. The molecule has 1 atom stereocenters. The maximum absolute atomic E-state index is 12.8. The van der Waals surface area contributed by atoms with Crippen molar-refractivity contribution in [3.63, 3.8) is 0 Å². The normalized spacial score (nSPS) is 12.6. The first-order chi connectivity index (χ1) is 14.6. The Morgan fingerprint density at radius 3 is 2.52 bits per heavy atom. The molecule has 1 amide bonds. The van der Waals surface area contributed by atoms with Crippen molar-refractivity contribution in [1.29, 1.82) is 0 Å². The van der Waals surface area contributed by atoms with Crippen LogP contribution in [0.4, 0.5) is 18.9 Å². The second-order valence-corrected chi connectivity index (χ2v) is 8.74. The highest BCUT2D eigenvalue weighted by Gasteiger charge is 2.30. The fraction of sp³-hybridized carbons (Fsp3) is 0.318. The number of carbonyl (C=O) groups excluding carboxylic acids is 1. The number of nitrogens with zero attached hydrogens (tertiary/aromatic N) is 3. The molecule has 1 aromatic carbocycles. The van der Waals surface area contributed by atoms with Gasteiger partial charge in [0.05, 0.1) is 23.0 Å². The number of benzene rings is 1. The molecule has 0 radical (unpaired) electrons. The van der Waals surface area contributed by atoms with E-state index in [1.807, 2.05) is 25.1 Å². The second-order valence-electron chi connectivity index (χ2n) is 7.23. The van der Waals surface area contributed by atoms with Crippen LogP contribution in [0.15, 0.2) is 47.6 Å². The minimum atomic E-state index is -4.46. The Morgan fingerprint density at radius 1 is 1.19 bits per heavy atom. The van der Waals surface area contributed by atoms with Gasteiger partial charge in [0.1, 0.15) is 0 Å². The van der Waals surface area contributed by atoms with Crippen LogP contribution < -0.4 is 5.32 Å². The molecule has 3 rings (SSSR count). The summed E-state index contributed by atoms with van der Waals surface area (Å²) in [5.41, 5.74) is 1.59. The van der Waals surface area contributed by atoms with Gasteiger partial charge in [0, 0.05) is 22.0 Å². The summed E-state index contributed by atoms with van der Waals surface area (Å²) in [7, 11) is 0. The molecule has 0 bridgehead atoms. The van der Waals surface area contributed by atoms with Gasteiger partial charge in [0.15, 0.2) is 5.82 Å². The molecule has 0 fully saturated rings. The highest BCUT2D eigenvalue weighted by molar-refractivity contribution is 7.99. The van der Waals surface area contributed by atoms with Gasteiger partial charge >= 0.3 is 6.18 Å². The van der Waals surface area contributed by atoms with Crippen LogP contribution in [-0.2, 0) is 6.18 Å². The van der Waals surface area contributed by atoms with E-state index < -0.39 is 11.7 Å². The molecule has 0 saturated heterocycles. The van der Waals surface area contributed by atoms with Crippen molar-refractivity contribution in [2.75, 3.05) is 5.32 Å². The fourth-order valence-electron chi connectivity index (χ4n) is 2.90. The summed E-state index contributed by atoms with van der Waals surface area (Å²) < 4.78 is 39.6. The largest absolute Gasteiger partial charge is 0.417 e. The van der Waals surface area contributed by atoms with E-state index in [0.29, 0.717) is 22.2 Å². The zero-order chi connectivity index (χ0) is 22.8. The summed E-state index contributed by atoms with van der Waals surface area (Å²) in [6.45, 7) is 7.90. The quantitative estimate of drug-likeness (QED) is 0.467. The van der Waals surface area contributed by atoms with Gasteiger partial charge in [-0.2, -0.15) is 18.3 Å². The fourth-order valence-corrected chi connectivity index (χ4v) is 3.92.